The van der Waals surface area contributed by atoms with E-state index < -0.39 is 0 Å². The lowest BCUT2D eigenvalue weighted by Gasteiger charge is -2.26. The number of aryl methyl sites for hydroxylation is 1. The van der Waals surface area contributed by atoms with Gasteiger partial charge in [0.15, 0.2) is 0 Å². The minimum Gasteiger partial charge on any atom is -0.381 e. The van der Waals surface area contributed by atoms with Crippen molar-refractivity contribution in [2.24, 2.45) is 5.41 Å². The lowest BCUT2D eigenvalue weighted by atomic mass is 9.83. The molecule has 2 heterocycles. The van der Waals surface area contributed by atoms with Crippen LogP contribution in [0.1, 0.15) is 23.1 Å². The molecule has 0 radical (unpaired) electrons. The Hall–Kier alpha value is -0.380. The van der Waals surface area contributed by atoms with Crippen molar-refractivity contribution in [2.45, 2.75) is 26.2 Å². The molecule has 0 bridgehead atoms. The van der Waals surface area contributed by atoms with Gasteiger partial charge in [-0.05, 0) is 38.4 Å². The van der Waals surface area contributed by atoms with E-state index in [1.54, 1.807) is 0 Å². The Labute approximate surface area is 102 Å². The van der Waals surface area contributed by atoms with Gasteiger partial charge in [0.05, 0.1) is 6.61 Å². The molecule has 1 aliphatic rings. The van der Waals surface area contributed by atoms with Gasteiger partial charge in [0.2, 0.25) is 0 Å². The molecule has 0 saturated carbocycles. The van der Waals surface area contributed by atoms with E-state index in [1.165, 1.54) is 22.6 Å². The molecule has 1 aromatic heterocycles. The van der Waals surface area contributed by atoms with Crippen LogP contribution < -0.4 is 5.32 Å². The van der Waals surface area contributed by atoms with Crippen LogP contribution in [0.25, 0.3) is 0 Å². The fourth-order valence-electron chi connectivity index (χ4n) is 2.44. The summed E-state index contributed by atoms with van der Waals surface area (Å²) in [5, 5.41) is 3.32. The van der Waals surface area contributed by atoms with Crippen molar-refractivity contribution in [3.8, 4) is 0 Å². The predicted molar refractivity (Wildman–Crippen MR) is 69.2 cm³/mol. The van der Waals surface area contributed by atoms with E-state index >= 15 is 0 Å². The predicted octanol–water partition coefficient (Wildman–Crippen LogP) is 2.48. The third-order valence-electron chi connectivity index (χ3n) is 3.35. The Bertz CT molecular complexity index is 328. The van der Waals surface area contributed by atoms with E-state index in [0.29, 0.717) is 5.41 Å². The van der Waals surface area contributed by atoms with Gasteiger partial charge in [-0.25, -0.2) is 0 Å². The van der Waals surface area contributed by atoms with Crippen molar-refractivity contribution >= 4 is 11.3 Å². The Balaban J connectivity index is 2.05. The standard InChI is InChI=1S/C13H21NOS/c1-3-11-4-5-12(16-11)8-13(9-14-2)6-7-15-10-13/h4-5,14H,3,6-10H2,1-2H3. The summed E-state index contributed by atoms with van der Waals surface area (Å²) in [6, 6.07) is 4.56. The fourth-order valence-corrected chi connectivity index (χ4v) is 3.57. The van der Waals surface area contributed by atoms with Gasteiger partial charge in [0.1, 0.15) is 0 Å². The highest BCUT2D eigenvalue weighted by atomic mass is 32.1. The van der Waals surface area contributed by atoms with Crippen molar-refractivity contribution in [2.75, 3.05) is 26.8 Å². The quantitative estimate of drug-likeness (QED) is 0.852. The first kappa shape index (κ1) is 12.1. The van der Waals surface area contributed by atoms with Gasteiger partial charge in [-0.15, -0.1) is 11.3 Å². The lowest BCUT2D eigenvalue weighted by molar-refractivity contribution is 0.151. The minimum absolute atomic E-state index is 0.338. The molecule has 0 aromatic carbocycles. The van der Waals surface area contributed by atoms with Crippen LogP contribution >= 0.6 is 11.3 Å². The van der Waals surface area contributed by atoms with Crippen LogP contribution in [0, 0.1) is 5.41 Å². The molecule has 0 amide bonds. The third kappa shape index (κ3) is 2.65. The number of rotatable bonds is 5. The number of ether oxygens (including phenoxy) is 1. The Morgan fingerprint density at radius 2 is 2.25 bits per heavy atom. The molecule has 2 rings (SSSR count). The second-order valence-electron chi connectivity index (χ2n) is 4.73. The van der Waals surface area contributed by atoms with Crippen LogP contribution in [-0.4, -0.2) is 26.8 Å². The zero-order valence-corrected chi connectivity index (χ0v) is 11.0. The molecule has 1 atom stereocenters. The molecule has 1 aromatic rings. The number of hydrogen-bond donors (Lipinski definition) is 1. The highest BCUT2D eigenvalue weighted by molar-refractivity contribution is 7.11. The van der Waals surface area contributed by atoms with Crippen LogP contribution in [0.4, 0.5) is 0 Å². The van der Waals surface area contributed by atoms with Crippen LogP contribution in [0.5, 0.6) is 0 Å². The van der Waals surface area contributed by atoms with E-state index in [1.807, 2.05) is 18.4 Å². The topological polar surface area (TPSA) is 21.3 Å². The second kappa shape index (κ2) is 5.30. The molecule has 3 heteroatoms. The van der Waals surface area contributed by atoms with E-state index in [2.05, 4.69) is 24.4 Å². The van der Waals surface area contributed by atoms with Gasteiger partial charge < -0.3 is 10.1 Å². The summed E-state index contributed by atoms with van der Waals surface area (Å²) in [5.41, 5.74) is 0.338. The van der Waals surface area contributed by atoms with Crippen LogP contribution in [0.2, 0.25) is 0 Å². The first-order valence-corrected chi connectivity index (χ1v) is 6.89. The molecule has 0 aliphatic carbocycles. The van der Waals surface area contributed by atoms with Gasteiger partial charge in [0.25, 0.3) is 0 Å². The zero-order chi connectivity index (χ0) is 11.4. The summed E-state index contributed by atoms with van der Waals surface area (Å²) in [5.74, 6) is 0. The Kier molecular flexibility index (Phi) is 4.00. The molecular weight excluding hydrogens is 218 g/mol. The molecule has 16 heavy (non-hydrogen) atoms. The number of thiophene rings is 1. The van der Waals surface area contributed by atoms with Crippen molar-refractivity contribution in [3.63, 3.8) is 0 Å². The molecule has 90 valence electrons. The first-order chi connectivity index (χ1) is 7.78. The molecule has 2 nitrogen and oxygen atoms in total. The van der Waals surface area contributed by atoms with Gasteiger partial charge in [-0.1, -0.05) is 6.92 Å². The van der Waals surface area contributed by atoms with Crippen LogP contribution in [0.3, 0.4) is 0 Å². The summed E-state index contributed by atoms with van der Waals surface area (Å²) < 4.78 is 5.58. The minimum atomic E-state index is 0.338. The summed E-state index contributed by atoms with van der Waals surface area (Å²) in [7, 11) is 2.03. The smallest absolute Gasteiger partial charge is 0.0538 e. The van der Waals surface area contributed by atoms with Crippen molar-refractivity contribution in [1.29, 1.82) is 0 Å². The molecule has 1 aliphatic heterocycles. The monoisotopic (exact) mass is 239 g/mol. The van der Waals surface area contributed by atoms with Gasteiger partial charge in [-0.2, -0.15) is 0 Å². The molecular formula is C13H21NOS. The summed E-state index contributed by atoms with van der Waals surface area (Å²) in [6.07, 6.45) is 3.51. The molecule has 1 fully saturated rings. The maximum absolute atomic E-state index is 5.58. The SMILES string of the molecule is CCc1ccc(CC2(CNC)CCOC2)s1. The maximum atomic E-state index is 5.58. The van der Waals surface area contributed by atoms with E-state index in [0.717, 1.165) is 26.2 Å². The van der Waals surface area contributed by atoms with Gasteiger partial charge >= 0.3 is 0 Å². The van der Waals surface area contributed by atoms with E-state index in [4.69, 9.17) is 4.74 Å². The largest absolute Gasteiger partial charge is 0.381 e. The summed E-state index contributed by atoms with van der Waals surface area (Å²) >= 11 is 1.96. The zero-order valence-electron chi connectivity index (χ0n) is 10.2. The van der Waals surface area contributed by atoms with Gasteiger partial charge in [-0.3, -0.25) is 0 Å². The maximum Gasteiger partial charge on any atom is 0.0538 e. The molecule has 0 spiro atoms. The van der Waals surface area contributed by atoms with Gasteiger partial charge in [0, 0.05) is 28.3 Å². The molecule has 1 N–H and O–H groups in total. The average molecular weight is 239 g/mol. The van der Waals surface area contributed by atoms with Crippen molar-refractivity contribution in [1.82, 2.24) is 5.32 Å². The average Bonchev–Trinajstić information content (AvgIpc) is 2.89. The first-order valence-electron chi connectivity index (χ1n) is 6.08. The summed E-state index contributed by atoms with van der Waals surface area (Å²) in [4.78, 5) is 3.01. The van der Waals surface area contributed by atoms with Crippen molar-refractivity contribution in [3.05, 3.63) is 21.9 Å². The van der Waals surface area contributed by atoms with Crippen LogP contribution in [0.15, 0.2) is 12.1 Å². The highest BCUT2D eigenvalue weighted by Crippen LogP contribution is 2.34. The molecule has 1 saturated heterocycles. The fraction of sp³-hybridized carbons (Fsp3) is 0.692. The second-order valence-corrected chi connectivity index (χ2v) is 5.98. The normalized spacial score (nSPS) is 25.1. The van der Waals surface area contributed by atoms with Crippen LogP contribution in [-0.2, 0) is 17.6 Å². The lowest BCUT2D eigenvalue weighted by Crippen LogP contribution is -2.34. The number of nitrogens with one attached hydrogen (secondary N) is 1. The van der Waals surface area contributed by atoms with E-state index in [-0.39, 0.29) is 0 Å². The highest BCUT2D eigenvalue weighted by Gasteiger charge is 2.34. The third-order valence-corrected chi connectivity index (χ3v) is 4.58. The molecule has 1 unspecified atom stereocenters. The van der Waals surface area contributed by atoms with E-state index in [9.17, 15) is 0 Å². The Morgan fingerprint density at radius 1 is 1.44 bits per heavy atom. The summed E-state index contributed by atoms with van der Waals surface area (Å²) in [6.45, 7) is 5.12. The Morgan fingerprint density at radius 3 is 2.81 bits per heavy atom. The van der Waals surface area contributed by atoms with Crippen molar-refractivity contribution < 1.29 is 4.74 Å². The number of hydrogen-bond acceptors (Lipinski definition) is 3.